The lowest BCUT2D eigenvalue weighted by atomic mass is 9.63. The van der Waals surface area contributed by atoms with Crippen LogP contribution in [0.5, 0.6) is 0 Å². The first-order valence-corrected chi connectivity index (χ1v) is 8.68. The third kappa shape index (κ3) is 4.01. The molecule has 0 saturated heterocycles. The topological polar surface area (TPSA) is 112 Å². The second-order valence-electron chi connectivity index (χ2n) is 9.01. The van der Waals surface area contributed by atoms with Crippen LogP contribution in [0.1, 0.15) is 53.4 Å². The highest BCUT2D eigenvalue weighted by Crippen LogP contribution is 2.44. The van der Waals surface area contributed by atoms with Crippen molar-refractivity contribution in [2.75, 3.05) is 6.61 Å². The predicted molar refractivity (Wildman–Crippen MR) is 90.8 cm³/mol. The number of carbonyl (C=O) groups excluding carboxylic acids is 3. The van der Waals surface area contributed by atoms with Crippen LogP contribution in [0.15, 0.2) is 11.3 Å². The van der Waals surface area contributed by atoms with E-state index in [2.05, 4.69) is 0 Å². The molecule has 2 atom stereocenters. The van der Waals surface area contributed by atoms with Gasteiger partial charge < -0.3 is 15.3 Å². The van der Waals surface area contributed by atoms with Crippen molar-refractivity contribution in [1.29, 1.82) is 0 Å². The molecule has 140 valence electrons. The van der Waals surface area contributed by atoms with E-state index < -0.39 is 35.4 Å². The Morgan fingerprint density at radius 2 is 1.44 bits per heavy atom. The smallest absolute Gasteiger partial charge is 0.163 e. The second kappa shape index (κ2) is 6.65. The molecule has 0 heterocycles. The lowest BCUT2D eigenvalue weighted by Gasteiger charge is -2.40. The van der Waals surface area contributed by atoms with Gasteiger partial charge >= 0.3 is 0 Å². The number of ketones is 3. The molecule has 1 fully saturated rings. The summed E-state index contributed by atoms with van der Waals surface area (Å²) in [6.45, 7) is 6.63. The molecule has 0 aliphatic heterocycles. The second-order valence-corrected chi connectivity index (χ2v) is 9.01. The van der Waals surface area contributed by atoms with Gasteiger partial charge in [0.1, 0.15) is 11.6 Å². The summed E-state index contributed by atoms with van der Waals surface area (Å²) in [6.07, 6.45) is -0.760. The van der Waals surface area contributed by atoms with Crippen molar-refractivity contribution in [3.63, 3.8) is 0 Å². The highest BCUT2D eigenvalue weighted by Gasteiger charge is 2.50. The molecular weight excluding hydrogens is 324 g/mol. The average Bonchev–Trinajstić information content (AvgIpc) is 2.40. The minimum atomic E-state index is -1.46. The van der Waals surface area contributed by atoms with Gasteiger partial charge in [-0.1, -0.05) is 27.7 Å². The zero-order valence-corrected chi connectivity index (χ0v) is 15.3. The van der Waals surface area contributed by atoms with Gasteiger partial charge in [-0.2, -0.15) is 0 Å². The summed E-state index contributed by atoms with van der Waals surface area (Å²) in [5.74, 6) is -3.66. The van der Waals surface area contributed by atoms with Crippen LogP contribution in [0.2, 0.25) is 0 Å². The Morgan fingerprint density at radius 3 is 1.88 bits per heavy atom. The van der Waals surface area contributed by atoms with Crippen LogP contribution >= 0.6 is 0 Å². The summed E-state index contributed by atoms with van der Waals surface area (Å²) in [5.41, 5.74) is -0.955. The number of allylic oxidation sites excluding steroid dienone is 1. The van der Waals surface area contributed by atoms with Gasteiger partial charge in [0.2, 0.25) is 0 Å². The summed E-state index contributed by atoms with van der Waals surface area (Å²) in [6, 6.07) is 0. The molecule has 1 saturated carbocycles. The summed E-state index contributed by atoms with van der Waals surface area (Å²) >= 11 is 0. The van der Waals surface area contributed by atoms with Gasteiger partial charge in [-0.05, 0) is 10.8 Å². The zero-order valence-electron chi connectivity index (χ0n) is 15.3. The van der Waals surface area contributed by atoms with Gasteiger partial charge in [-0.15, -0.1) is 0 Å². The van der Waals surface area contributed by atoms with E-state index in [1.54, 1.807) is 0 Å². The van der Waals surface area contributed by atoms with Crippen molar-refractivity contribution < 1.29 is 29.7 Å². The molecule has 0 radical (unpaired) electrons. The Bertz CT molecular complexity index is 608. The number of carbonyl (C=O) groups is 3. The van der Waals surface area contributed by atoms with Crippen LogP contribution in [0.4, 0.5) is 0 Å². The quantitative estimate of drug-likeness (QED) is 0.664. The van der Waals surface area contributed by atoms with Crippen LogP contribution in [0.25, 0.3) is 0 Å². The first kappa shape index (κ1) is 19.8. The minimum absolute atomic E-state index is 0.0627. The summed E-state index contributed by atoms with van der Waals surface area (Å²) in [5, 5.41) is 30.2. The fourth-order valence-electron chi connectivity index (χ4n) is 4.18. The normalized spacial score (nSPS) is 26.7. The Hall–Kier alpha value is -1.53. The summed E-state index contributed by atoms with van der Waals surface area (Å²) in [4.78, 5) is 37.9. The maximum Gasteiger partial charge on any atom is 0.163 e. The number of hydrogen-bond acceptors (Lipinski definition) is 6. The van der Waals surface area contributed by atoms with E-state index in [1.807, 2.05) is 27.7 Å². The maximum atomic E-state index is 12.6. The van der Waals surface area contributed by atoms with E-state index in [0.29, 0.717) is 0 Å². The minimum Gasteiger partial charge on any atom is -0.512 e. The van der Waals surface area contributed by atoms with Crippen molar-refractivity contribution in [2.24, 2.45) is 22.7 Å². The van der Waals surface area contributed by atoms with Gasteiger partial charge in [0.15, 0.2) is 5.78 Å². The van der Waals surface area contributed by atoms with Crippen LogP contribution in [0, 0.1) is 22.7 Å². The SMILES string of the molecule is CC1(C)CC(=O)C([C@H](C2=C(O)CC(C)(C)CC2=O)[C@H](O)CO)C(=O)C1. The summed E-state index contributed by atoms with van der Waals surface area (Å²) < 4.78 is 0. The largest absolute Gasteiger partial charge is 0.512 e. The standard InChI is InChI=1S/C19H28O6/c1-18(2)5-10(21)15(11(22)6-18)17(14(25)9-20)16-12(23)7-19(3,4)8-13(16)24/h14-15,17,20,23,25H,5-9H2,1-4H3/t14-,17-/m1/s1. The van der Waals surface area contributed by atoms with Crippen LogP contribution in [-0.2, 0) is 14.4 Å². The molecule has 0 amide bonds. The summed E-state index contributed by atoms with van der Waals surface area (Å²) in [7, 11) is 0. The molecule has 6 heteroatoms. The lowest BCUT2D eigenvalue weighted by Crippen LogP contribution is -2.48. The molecule has 0 aromatic heterocycles. The monoisotopic (exact) mass is 352 g/mol. The van der Waals surface area contributed by atoms with Gasteiger partial charge in [-0.3, -0.25) is 14.4 Å². The predicted octanol–water partition coefficient (Wildman–Crippen LogP) is 1.73. The molecular formula is C19H28O6. The Labute approximate surface area is 147 Å². The molecule has 0 spiro atoms. The van der Waals surface area contributed by atoms with Gasteiger partial charge in [0.25, 0.3) is 0 Å². The zero-order chi connectivity index (χ0) is 19.2. The Balaban J connectivity index is 2.49. The van der Waals surface area contributed by atoms with E-state index in [-0.39, 0.29) is 54.4 Å². The number of Topliss-reactive ketones (excluding diaryl/α,β-unsaturated/α-hetero) is 3. The third-order valence-corrected chi connectivity index (χ3v) is 5.19. The van der Waals surface area contributed by atoms with Crippen molar-refractivity contribution in [2.45, 2.75) is 59.5 Å². The highest BCUT2D eigenvalue weighted by molar-refractivity contribution is 6.08. The number of hydrogen-bond donors (Lipinski definition) is 3. The first-order chi connectivity index (χ1) is 11.4. The van der Waals surface area contributed by atoms with Gasteiger partial charge in [-0.25, -0.2) is 0 Å². The van der Waals surface area contributed by atoms with Crippen LogP contribution in [-0.4, -0.2) is 45.4 Å². The highest BCUT2D eigenvalue weighted by atomic mass is 16.3. The van der Waals surface area contributed by atoms with E-state index in [0.717, 1.165) is 0 Å². The first-order valence-electron chi connectivity index (χ1n) is 8.68. The van der Waals surface area contributed by atoms with E-state index >= 15 is 0 Å². The Kier molecular flexibility index (Phi) is 5.26. The van der Waals surface area contributed by atoms with Crippen molar-refractivity contribution in [1.82, 2.24) is 0 Å². The van der Waals surface area contributed by atoms with Crippen molar-refractivity contribution >= 4 is 17.3 Å². The average molecular weight is 352 g/mol. The molecule has 25 heavy (non-hydrogen) atoms. The number of aliphatic hydroxyl groups is 3. The molecule has 3 N–H and O–H groups in total. The fraction of sp³-hybridized carbons (Fsp3) is 0.737. The number of rotatable bonds is 4. The van der Waals surface area contributed by atoms with E-state index in [4.69, 9.17) is 0 Å². The Morgan fingerprint density at radius 1 is 0.960 bits per heavy atom. The molecule has 0 aromatic carbocycles. The van der Waals surface area contributed by atoms with E-state index in [1.165, 1.54) is 0 Å². The van der Waals surface area contributed by atoms with Crippen molar-refractivity contribution in [3.8, 4) is 0 Å². The number of aliphatic hydroxyl groups excluding tert-OH is 3. The van der Waals surface area contributed by atoms with Crippen molar-refractivity contribution in [3.05, 3.63) is 11.3 Å². The van der Waals surface area contributed by atoms with E-state index in [9.17, 15) is 29.7 Å². The molecule has 0 bridgehead atoms. The molecule has 2 rings (SSSR count). The van der Waals surface area contributed by atoms with Crippen LogP contribution < -0.4 is 0 Å². The molecule has 2 aliphatic carbocycles. The molecule has 2 aliphatic rings. The molecule has 0 aromatic rings. The lowest BCUT2D eigenvalue weighted by molar-refractivity contribution is -0.144. The van der Waals surface area contributed by atoms with Gasteiger partial charge in [0.05, 0.1) is 24.4 Å². The molecule has 6 nitrogen and oxygen atoms in total. The third-order valence-electron chi connectivity index (χ3n) is 5.19. The molecule has 0 unspecified atom stereocenters. The van der Waals surface area contributed by atoms with Gasteiger partial charge in [0, 0.05) is 37.2 Å². The maximum absolute atomic E-state index is 12.6. The fourth-order valence-corrected chi connectivity index (χ4v) is 4.18. The van der Waals surface area contributed by atoms with Crippen LogP contribution in [0.3, 0.4) is 0 Å².